The van der Waals surface area contributed by atoms with Gasteiger partial charge in [-0.15, -0.1) is 0 Å². The number of aromatic nitrogens is 1. The average Bonchev–Trinajstić information content (AvgIpc) is 2.28. The van der Waals surface area contributed by atoms with Gasteiger partial charge in [0.2, 0.25) is 5.91 Å². The van der Waals surface area contributed by atoms with Crippen LogP contribution in [-0.2, 0) is 14.3 Å². The molecule has 7 nitrogen and oxygen atoms in total. The van der Waals surface area contributed by atoms with Crippen molar-refractivity contribution in [3.63, 3.8) is 0 Å². The Morgan fingerprint density at radius 2 is 2.17 bits per heavy atom. The fraction of sp³-hybridized carbons (Fsp3) is 0.364. The second-order valence-corrected chi connectivity index (χ2v) is 3.72. The van der Waals surface area contributed by atoms with Gasteiger partial charge in [0.15, 0.2) is 0 Å². The van der Waals surface area contributed by atoms with Crippen LogP contribution in [0.3, 0.4) is 0 Å². The third kappa shape index (κ3) is 4.38. The van der Waals surface area contributed by atoms with Gasteiger partial charge in [-0.3, -0.25) is 9.78 Å². The molecule has 0 aliphatic rings. The first-order chi connectivity index (χ1) is 8.50. The fourth-order valence-corrected chi connectivity index (χ4v) is 1.29. The van der Waals surface area contributed by atoms with E-state index in [1.165, 1.54) is 6.20 Å². The summed E-state index contributed by atoms with van der Waals surface area (Å²) >= 11 is 0. The normalized spacial score (nSPS) is 9.89. The third-order valence-electron chi connectivity index (χ3n) is 2.01. The molecule has 0 bridgehead atoms. The molecule has 1 aromatic rings. The number of nitrogens with zero attached hydrogens (tertiary/aromatic N) is 2. The summed E-state index contributed by atoms with van der Waals surface area (Å²) in [5.41, 5.74) is 1.35. The molecular formula is C11H15N3O4. The Hall–Kier alpha value is -2.15. The van der Waals surface area contributed by atoms with Crippen molar-refractivity contribution in [3.05, 3.63) is 18.5 Å². The van der Waals surface area contributed by atoms with Gasteiger partial charge in [0.05, 0.1) is 17.6 Å². The molecule has 0 aromatic carbocycles. The molecule has 0 saturated carbocycles. The number of hydrogen-bond acceptors (Lipinski definition) is 5. The SMILES string of the molecule is CN(C)c1ccncc1NC(=O)COCC(=O)O. The lowest BCUT2D eigenvalue weighted by atomic mass is 10.3. The number of anilines is 2. The van der Waals surface area contributed by atoms with E-state index >= 15 is 0 Å². The summed E-state index contributed by atoms with van der Waals surface area (Å²) in [6.45, 7) is -0.810. The molecule has 0 atom stereocenters. The Morgan fingerprint density at radius 1 is 1.44 bits per heavy atom. The van der Waals surface area contributed by atoms with Gasteiger partial charge < -0.3 is 20.1 Å². The average molecular weight is 253 g/mol. The van der Waals surface area contributed by atoms with Crippen LogP contribution in [0.4, 0.5) is 11.4 Å². The summed E-state index contributed by atoms with van der Waals surface area (Å²) in [6, 6.07) is 1.76. The number of carboxylic acids is 1. The Kier molecular flexibility index (Phi) is 5.06. The number of nitrogens with one attached hydrogen (secondary N) is 1. The molecule has 18 heavy (non-hydrogen) atoms. The molecule has 1 aromatic heterocycles. The summed E-state index contributed by atoms with van der Waals surface area (Å²) in [4.78, 5) is 27.4. The highest BCUT2D eigenvalue weighted by atomic mass is 16.5. The number of hydrogen-bond donors (Lipinski definition) is 2. The van der Waals surface area contributed by atoms with Crippen molar-refractivity contribution in [3.8, 4) is 0 Å². The van der Waals surface area contributed by atoms with Gasteiger partial charge in [0.25, 0.3) is 0 Å². The number of carbonyl (C=O) groups is 2. The maximum absolute atomic E-state index is 11.5. The first-order valence-electron chi connectivity index (χ1n) is 5.21. The van der Waals surface area contributed by atoms with E-state index in [9.17, 15) is 9.59 Å². The van der Waals surface area contributed by atoms with Crippen LogP contribution in [0.1, 0.15) is 0 Å². The highest BCUT2D eigenvalue weighted by Crippen LogP contribution is 2.21. The van der Waals surface area contributed by atoms with Gasteiger partial charge in [0.1, 0.15) is 13.2 Å². The van der Waals surface area contributed by atoms with Crippen molar-refractivity contribution >= 4 is 23.3 Å². The monoisotopic (exact) mass is 253 g/mol. The maximum atomic E-state index is 11.5. The second kappa shape index (κ2) is 6.55. The topological polar surface area (TPSA) is 91.8 Å². The number of carbonyl (C=O) groups excluding carboxylic acids is 1. The third-order valence-corrected chi connectivity index (χ3v) is 2.01. The fourth-order valence-electron chi connectivity index (χ4n) is 1.29. The zero-order chi connectivity index (χ0) is 13.5. The van der Waals surface area contributed by atoms with E-state index in [1.807, 2.05) is 19.0 Å². The molecule has 0 radical (unpaired) electrons. The van der Waals surface area contributed by atoms with Crippen molar-refractivity contribution in [2.45, 2.75) is 0 Å². The summed E-state index contributed by atoms with van der Waals surface area (Å²) < 4.78 is 4.68. The van der Waals surface area contributed by atoms with Crippen molar-refractivity contribution < 1.29 is 19.4 Å². The van der Waals surface area contributed by atoms with E-state index in [0.717, 1.165) is 5.69 Å². The van der Waals surface area contributed by atoms with Gasteiger partial charge in [-0.1, -0.05) is 0 Å². The van der Waals surface area contributed by atoms with Crippen LogP contribution in [-0.4, -0.2) is 49.3 Å². The van der Waals surface area contributed by atoms with Crippen LogP contribution >= 0.6 is 0 Å². The van der Waals surface area contributed by atoms with Gasteiger partial charge in [-0.2, -0.15) is 0 Å². The van der Waals surface area contributed by atoms with Gasteiger partial charge in [-0.05, 0) is 6.07 Å². The van der Waals surface area contributed by atoms with Crippen LogP contribution in [0.15, 0.2) is 18.5 Å². The van der Waals surface area contributed by atoms with Crippen LogP contribution in [0.25, 0.3) is 0 Å². The zero-order valence-corrected chi connectivity index (χ0v) is 10.2. The van der Waals surface area contributed by atoms with E-state index in [-0.39, 0.29) is 6.61 Å². The molecule has 2 N–H and O–H groups in total. The first kappa shape index (κ1) is 13.9. The highest BCUT2D eigenvalue weighted by molar-refractivity contribution is 5.94. The van der Waals surface area contributed by atoms with Crippen LogP contribution < -0.4 is 10.2 Å². The van der Waals surface area contributed by atoms with Crippen LogP contribution in [0.5, 0.6) is 0 Å². The van der Waals surface area contributed by atoms with Gasteiger partial charge >= 0.3 is 5.97 Å². The Labute approximate surface area is 104 Å². The number of amides is 1. The summed E-state index contributed by atoms with van der Waals surface area (Å²) in [7, 11) is 3.68. The molecule has 7 heteroatoms. The molecular weight excluding hydrogens is 238 g/mol. The number of pyridine rings is 1. The lowest BCUT2D eigenvalue weighted by molar-refractivity contribution is -0.143. The highest BCUT2D eigenvalue weighted by Gasteiger charge is 2.09. The van der Waals surface area contributed by atoms with Crippen LogP contribution in [0, 0.1) is 0 Å². The largest absolute Gasteiger partial charge is 0.480 e. The quantitative estimate of drug-likeness (QED) is 0.751. The minimum absolute atomic E-state index is 0.311. The summed E-state index contributed by atoms with van der Waals surface area (Å²) in [6.07, 6.45) is 3.14. The first-order valence-corrected chi connectivity index (χ1v) is 5.21. The number of rotatable bonds is 6. The predicted octanol–water partition coefficient (Wildman–Crippen LogP) is 0.187. The Morgan fingerprint density at radius 3 is 2.78 bits per heavy atom. The lowest BCUT2D eigenvalue weighted by Crippen LogP contribution is -2.22. The minimum atomic E-state index is -1.11. The molecule has 0 aliphatic carbocycles. The second-order valence-electron chi connectivity index (χ2n) is 3.72. The van der Waals surface area contributed by atoms with Crippen molar-refractivity contribution in [2.24, 2.45) is 0 Å². The van der Waals surface area contributed by atoms with E-state index in [4.69, 9.17) is 5.11 Å². The van der Waals surface area contributed by atoms with E-state index in [2.05, 4.69) is 15.0 Å². The van der Waals surface area contributed by atoms with Gasteiger partial charge in [-0.25, -0.2) is 4.79 Å². The number of ether oxygens (including phenoxy) is 1. The molecule has 1 rings (SSSR count). The standard InChI is InChI=1S/C11H15N3O4/c1-14(2)9-3-4-12-5-8(9)13-10(15)6-18-7-11(16)17/h3-5H,6-7H2,1-2H3,(H,13,15)(H,16,17). The molecule has 1 heterocycles. The smallest absolute Gasteiger partial charge is 0.329 e. The maximum Gasteiger partial charge on any atom is 0.329 e. The van der Waals surface area contributed by atoms with Gasteiger partial charge in [0, 0.05) is 20.3 Å². The Balaban J connectivity index is 2.56. The molecule has 0 unspecified atom stereocenters. The summed E-state index contributed by atoms with van der Waals surface area (Å²) in [5.74, 6) is -1.54. The molecule has 1 amide bonds. The number of carboxylic acid groups (broad SMARTS) is 1. The molecule has 0 fully saturated rings. The molecule has 0 spiro atoms. The van der Waals surface area contributed by atoms with E-state index in [0.29, 0.717) is 5.69 Å². The molecule has 98 valence electrons. The molecule has 0 aliphatic heterocycles. The predicted molar refractivity (Wildman–Crippen MR) is 65.6 cm³/mol. The zero-order valence-electron chi connectivity index (χ0n) is 10.2. The Bertz CT molecular complexity index is 434. The van der Waals surface area contributed by atoms with Crippen LogP contribution in [0.2, 0.25) is 0 Å². The lowest BCUT2D eigenvalue weighted by Gasteiger charge is -2.17. The van der Waals surface area contributed by atoms with Crippen molar-refractivity contribution in [2.75, 3.05) is 37.5 Å². The van der Waals surface area contributed by atoms with E-state index < -0.39 is 18.5 Å². The van der Waals surface area contributed by atoms with Crippen molar-refractivity contribution in [1.29, 1.82) is 0 Å². The molecule has 0 saturated heterocycles. The van der Waals surface area contributed by atoms with Crippen molar-refractivity contribution in [1.82, 2.24) is 4.98 Å². The number of aliphatic carboxylic acids is 1. The summed E-state index contributed by atoms with van der Waals surface area (Å²) in [5, 5.41) is 11.0. The van der Waals surface area contributed by atoms with E-state index in [1.54, 1.807) is 12.3 Å². The minimum Gasteiger partial charge on any atom is -0.480 e.